The SMILES string of the molecule is COCCn1c(SC(C)C(=O)c2ccc(Br)cc2)nc2ccccc21. The summed E-state index contributed by atoms with van der Waals surface area (Å²) in [4.78, 5) is 17.4. The number of methoxy groups -OCH3 is 1. The van der Waals surface area contributed by atoms with Gasteiger partial charge in [0.1, 0.15) is 0 Å². The number of ether oxygens (including phenoxy) is 1. The van der Waals surface area contributed by atoms with Crippen LogP contribution < -0.4 is 0 Å². The molecule has 1 aromatic heterocycles. The lowest BCUT2D eigenvalue weighted by molar-refractivity contribution is 0.0994. The Balaban J connectivity index is 1.86. The topological polar surface area (TPSA) is 44.1 Å². The Morgan fingerprint density at radius 2 is 1.96 bits per heavy atom. The summed E-state index contributed by atoms with van der Waals surface area (Å²) in [6, 6.07) is 15.5. The van der Waals surface area contributed by atoms with Crippen LogP contribution in [-0.4, -0.2) is 34.3 Å². The zero-order valence-corrected chi connectivity index (χ0v) is 16.5. The number of aromatic nitrogens is 2. The fraction of sp³-hybridized carbons (Fsp3) is 0.263. The van der Waals surface area contributed by atoms with Crippen LogP contribution in [0.15, 0.2) is 58.2 Å². The molecule has 0 saturated heterocycles. The summed E-state index contributed by atoms with van der Waals surface area (Å²) in [5.74, 6) is 0.0999. The maximum Gasteiger partial charge on any atom is 0.175 e. The number of carbonyl (C=O) groups excluding carboxylic acids is 1. The van der Waals surface area contributed by atoms with Gasteiger partial charge in [-0.15, -0.1) is 0 Å². The average Bonchev–Trinajstić information content (AvgIpc) is 2.97. The van der Waals surface area contributed by atoms with Gasteiger partial charge in [-0.25, -0.2) is 4.98 Å². The molecule has 0 radical (unpaired) electrons. The largest absolute Gasteiger partial charge is 0.383 e. The molecule has 0 aliphatic heterocycles. The Hall–Kier alpha value is -1.63. The minimum Gasteiger partial charge on any atom is -0.383 e. The zero-order valence-electron chi connectivity index (χ0n) is 14.1. The fourth-order valence-electron chi connectivity index (χ4n) is 2.60. The first-order chi connectivity index (χ1) is 12.1. The third kappa shape index (κ3) is 4.14. The lowest BCUT2D eigenvalue weighted by atomic mass is 10.1. The zero-order chi connectivity index (χ0) is 17.8. The van der Waals surface area contributed by atoms with Gasteiger partial charge in [0.25, 0.3) is 0 Å². The van der Waals surface area contributed by atoms with Gasteiger partial charge in [-0.05, 0) is 31.2 Å². The number of hydrogen-bond donors (Lipinski definition) is 0. The summed E-state index contributed by atoms with van der Waals surface area (Å²) < 4.78 is 8.31. The molecule has 2 aromatic carbocycles. The molecule has 0 amide bonds. The number of ketones is 1. The van der Waals surface area contributed by atoms with E-state index in [2.05, 4.69) is 20.5 Å². The minimum absolute atomic E-state index is 0.0999. The Morgan fingerprint density at radius 3 is 2.68 bits per heavy atom. The van der Waals surface area contributed by atoms with Gasteiger partial charge in [0.05, 0.1) is 22.9 Å². The van der Waals surface area contributed by atoms with Crippen LogP contribution in [-0.2, 0) is 11.3 Å². The molecule has 25 heavy (non-hydrogen) atoms. The van der Waals surface area contributed by atoms with Gasteiger partial charge in [-0.3, -0.25) is 4.79 Å². The normalized spacial score (nSPS) is 12.4. The van der Waals surface area contributed by atoms with Crippen LogP contribution in [0.1, 0.15) is 17.3 Å². The van der Waals surface area contributed by atoms with Crippen molar-refractivity contribution in [2.75, 3.05) is 13.7 Å². The number of imidazole rings is 1. The highest BCUT2D eigenvalue weighted by atomic mass is 79.9. The molecule has 0 saturated carbocycles. The summed E-state index contributed by atoms with van der Waals surface area (Å²) in [6.45, 7) is 3.23. The van der Waals surface area contributed by atoms with E-state index < -0.39 is 0 Å². The van der Waals surface area contributed by atoms with Gasteiger partial charge in [0, 0.05) is 23.7 Å². The highest BCUT2D eigenvalue weighted by Crippen LogP contribution is 2.29. The number of hydrogen-bond acceptors (Lipinski definition) is 4. The third-order valence-electron chi connectivity index (χ3n) is 3.92. The quantitative estimate of drug-likeness (QED) is 0.407. The summed E-state index contributed by atoms with van der Waals surface area (Å²) in [6.07, 6.45) is 0. The maximum absolute atomic E-state index is 12.7. The van der Waals surface area contributed by atoms with Crippen LogP contribution >= 0.6 is 27.7 Å². The first-order valence-electron chi connectivity index (χ1n) is 8.01. The highest BCUT2D eigenvalue weighted by Gasteiger charge is 2.20. The van der Waals surface area contributed by atoms with Crippen molar-refractivity contribution in [2.24, 2.45) is 0 Å². The number of halogens is 1. The second-order valence-electron chi connectivity index (χ2n) is 5.66. The monoisotopic (exact) mass is 418 g/mol. The molecule has 4 nitrogen and oxygen atoms in total. The third-order valence-corrected chi connectivity index (χ3v) is 5.54. The number of nitrogens with zero attached hydrogens (tertiary/aromatic N) is 2. The average molecular weight is 419 g/mol. The van der Waals surface area contributed by atoms with Crippen LogP contribution in [0.25, 0.3) is 11.0 Å². The predicted molar refractivity (Wildman–Crippen MR) is 105 cm³/mol. The van der Waals surface area contributed by atoms with Crippen molar-refractivity contribution in [3.63, 3.8) is 0 Å². The first-order valence-corrected chi connectivity index (χ1v) is 9.68. The smallest absolute Gasteiger partial charge is 0.175 e. The molecule has 1 atom stereocenters. The molecule has 0 spiro atoms. The van der Waals surface area contributed by atoms with E-state index >= 15 is 0 Å². The molecule has 1 heterocycles. The van der Waals surface area contributed by atoms with Crippen molar-refractivity contribution in [1.29, 1.82) is 0 Å². The van der Waals surface area contributed by atoms with E-state index in [1.165, 1.54) is 11.8 Å². The van der Waals surface area contributed by atoms with E-state index in [0.717, 1.165) is 20.7 Å². The van der Waals surface area contributed by atoms with Gasteiger partial charge < -0.3 is 9.30 Å². The second-order valence-corrected chi connectivity index (χ2v) is 7.88. The van der Waals surface area contributed by atoms with Gasteiger partial charge in [-0.2, -0.15) is 0 Å². The Labute approximate surface area is 159 Å². The van der Waals surface area contributed by atoms with E-state index in [4.69, 9.17) is 9.72 Å². The van der Waals surface area contributed by atoms with E-state index in [1.54, 1.807) is 7.11 Å². The summed E-state index contributed by atoms with van der Waals surface area (Å²) in [7, 11) is 1.69. The summed E-state index contributed by atoms with van der Waals surface area (Å²) >= 11 is 4.89. The Bertz CT molecular complexity index is 877. The number of thioether (sulfide) groups is 1. The van der Waals surface area contributed by atoms with Gasteiger partial charge in [-0.1, -0.05) is 52.0 Å². The molecule has 6 heteroatoms. The lowest BCUT2D eigenvalue weighted by Gasteiger charge is -2.12. The van der Waals surface area contributed by atoms with Gasteiger partial charge in [0.2, 0.25) is 0 Å². The molecule has 0 bridgehead atoms. The fourth-order valence-corrected chi connectivity index (χ4v) is 3.89. The number of fused-ring (bicyclic) bond motifs is 1. The molecular formula is C19H19BrN2O2S. The number of rotatable bonds is 7. The van der Waals surface area contributed by atoms with Crippen molar-refractivity contribution >= 4 is 44.5 Å². The Kier molecular flexibility index (Phi) is 5.93. The lowest BCUT2D eigenvalue weighted by Crippen LogP contribution is -2.15. The summed E-state index contributed by atoms with van der Waals surface area (Å²) in [5.41, 5.74) is 2.71. The van der Waals surface area contributed by atoms with E-state index in [1.807, 2.05) is 55.5 Å². The molecular weight excluding hydrogens is 400 g/mol. The molecule has 130 valence electrons. The van der Waals surface area contributed by atoms with Crippen molar-refractivity contribution in [3.8, 4) is 0 Å². The van der Waals surface area contributed by atoms with Crippen molar-refractivity contribution < 1.29 is 9.53 Å². The van der Waals surface area contributed by atoms with E-state index in [-0.39, 0.29) is 11.0 Å². The summed E-state index contributed by atoms with van der Waals surface area (Å²) in [5, 5.41) is 0.621. The van der Waals surface area contributed by atoms with Crippen LogP contribution in [0.3, 0.4) is 0 Å². The van der Waals surface area contributed by atoms with E-state index in [0.29, 0.717) is 18.7 Å². The highest BCUT2D eigenvalue weighted by molar-refractivity contribution is 9.10. The number of para-hydroxylation sites is 2. The van der Waals surface area contributed by atoms with Crippen molar-refractivity contribution in [2.45, 2.75) is 23.9 Å². The molecule has 1 unspecified atom stereocenters. The van der Waals surface area contributed by atoms with Crippen LogP contribution in [0, 0.1) is 0 Å². The number of Topliss-reactive ketones (excluding diaryl/α,β-unsaturated/α-hetero) is 1. The Morgan fingerprint density at radius 1 is 1.24 bits per heavy atom. The molecule has 0 fully saturated rings. The van der Waals surface area contributed by atoms with Crippen LogP contribution in [0.2, 0.25) is 0 Å². The minimum atomic E-state index is -0.223. The number of benzene rings is 2. The van der Waals surface area contributed by atoms with Crippen molar-refractivity contribution in [1.82, 2.24) is 9.55 Å². The van der Waals surface area contributed by atoms with Crippen LogP contribution in [0.4, 0.5) is 0 Å². The van der Waals surface area contributed by atoms with Crippen molar-refractivity contribution in [3.05, 3.63) is 58.6 Å². The van der Waals surface area contributed by atoms with Gasteiger partial charge >= 0.3 is 0 Å². The molecule has 3 rings (SSSR count). The molecule has 3 aromatic rings. The van der Waals surface area contributed by atoms with Crippen LogP contribution in [0.5, 0.6) is 0 Å². The standard InChI is InChI=1S/C19H19BrN2O2S/c1-13(18(23)14-7-9-15(20)10-8-14)25-19-21-16-5-3-4-6-17(16)22(19)11-12-24-2/h3-10,13H,11-12H2,1-2H3. The molecule has 0 N–H and O–H groups in total. The first kappa shape index (κ1) is 18.2. The molecule has 0 aliphatic rings. The molecule has 0 aliphatic carbocycles. The number of carbonyl (C=O) groups is 1. The predicted octanol–water partition coefficient (Wildman–Crippen LogP) is 4.81. The van der Waals surface area contributed by atoms with E-state index in [9.17, 15) is 4.79 Å². The van der Waals surface area contributed by atoms with Gasteiger partial charge in [0.15, 0.2) is 10.9 Å². The second kappa shape index (κ2) is 8.17. The maximum atomic E-state index is 12.7.